The highest BCUT2D eigenvalue weighted by atomic mass is 16.5. The molecule has 0 spiro atoms. The van der Waals surface area contributed by atoms with Crippen LogP contribution < -0.4 is 10.6 Å². The Labute approximate surface area is 134 Å². The van der Waals surface area contributed by atoms with Crippen molar-refractivity contribution in [3.8, 4) is 0 Å². The van der Waals surface area contributed by atoms with Crippen LogP contribution in [0.1, 0.15) is 26.2 Å². The van der Waals surface area contributed by atoms with E-state index in [4.69, 9.17) is 4.74 Å². The van der Waals surface area contributed by atoms with Crippen LogP contribution in [0.2, 0.25) is 0 Å². The predicted octanol–water partition coefficient (Wildman–Crippen LogP) is 2.48. The van der Waals surface area contributed by atoms with Crippen molar-refractivity contribution < 1.29 is 19.1 Å². The highest BCUT2D eigenvalue weighted by Gasteiger charge is 2.20. The number of anilines is 2. The van der Waals surface area contributed by atoms with Gasteiger partial charge in [-0.25, -0.2) is 0 Å². The van der Waals surface area contributed by atoms with Gasteiger partial charge in [0.15, 0.2) is 6.61 Å². The van der Waals surface area contributed by atoms with E-state index < -0.39 is 5.91 Å². The minimum Gasteiger partial charge on any atom is -0.455 e. The molecule has 0 saturated carbocycles. The Bertz CT molecular complexity index is 625. The molecule has 0 unspecified atom stereocenters. The summed E-state index contributed by atoms with van der Waals surface area (Å²) in [6.45, 7) is 1.09. The summed E-state index contributed by atoms with van der Waals surface area (Å²) in [6, 6.07) is 6.75. The molecule has 23 heavy (non-hydrogen) atoms. The predicted molar refractivity (Wildman–Crippen MR) is 86.8 cm³/mol. The van der Waals surface area contributed by atoms with E-state index in [0.717, 1.165) is 12.8 Å². The molecule has 0 heterocycles. The molecule has 0 fully saturated rings. The van der Waals surface area contributed by atoms with Gasteiger partial charge in [-0.15, -0.1) is 0 Å². The number of allylic oxidation sites excluding steroid dienone is 2. The van der Waals surface area contributed by atoms with E-state index in [1.165, 1.54) is 6.92 Å². The van der Waals surface area contributed by atoms with E-state index in [1.54, 1.807) is 24.3 Å². The summed E-state index contributed by atoms with van der Waals surface area (Å²) in [5, 5.41) is 5.26. The number of ether oxygens (including phenoxy) is 1. The second-order valence-electron chi connectivity index (χ2n) is 5.40. The molecule has 0 radical (unpaired) electrons. The first kappa shape index (κ1) is 16.7. The third-order valence-electron chi connectivity index (χ3n) is 3.41. The van der Waals surface area contributed by atoms with Gasteiger partial charge in [0.25, 0.3) is 5.91 Å². The smallest absolute Gasteiger partial charge is 0.309 e. The summed E-state index contributed by atoms with van der Waals surface area (Å²) < 4.78 is 5.06. The lowest BCUT2D eigenvalue weighted by atomic mass is 9.95. The molecule has 0 saturated heterocycles. The van der Waals surface area contributed by atoms with Gasteiger partial charge in [0.05, 0.1) is 5.92 Å². The maximum absolute atomic E-state index is 11.8. The van der Waals surface area contributed by atoms with Crippen LogP contribution in [0.15, 0.2) is 36.4 Å². The molecule has 1 aliphatic rings. The fourth-order valence-corrected chi connectivity index (χ4v) is 2.34. The number of nitrogens with one attached hydrogen (secondary N) is 2. The Kier molecular flexibility index (Phi) is 5.91. The van der Waals surface area contributed by atoms with Gasteiger partial charge in [-0.05, 0) is 37.5 Å². The van der Waals surface area contributed by atoms with E-state index in [9.17, 15) is 14.4 Å². The summed E-state index contributed by atoms with van der Waals surface area (Å²) in [4.78, 5) is 34.7. The molecule has 0 aliphatic heterocycles. The van der Waals surface area contributed by atoms with Crippen LogP contribution in [0.3, 0.4) is 0 Å². The topological polar surface area (TPSA) is 84.5 Å². The van der Waals surface area contributed by atoms with Gasteiger partial charge in [-0.2, -0.15) is 0 Å². The first-order chi connectivity index (χ1) is 11.0. The van der Waals surface area contributed by atoms with Gasteiger partial charge in [0, 0.05) is 18.3 Å². The van der Waals surface area contributed by atoms with Crippen LogP contribution in [0.25, 0.3) is 0 Å². The number of hydrogen-bond donors (Lipinski definition) is 2. The van der Waals surface area contributed by atoms with Gasteiger partial charge < -0.3 is 15.4 Å². The summed E-state index contributed by atoms with van der Waals surface area (Å²) in [6.07, 6.45) is 6.29. The quantitative estimate of drug-likeness (QED) is 0.645. The molecule has 6 nitrogen and oxygen atoms in total. The third kappa shape index (κ3) is 5.58. The molecular weight excluding hydrogens is 296 g/mol. The Balaban J connectivity index is 1.81. The van der Waals surface area contributed by atoms with E-state index in [1.807, 2.05) is 12.2 Å². The second kappa shape index (κ2) is 8.12. The van der Waals surface area contributed by atoms with Crippen LogP contribution in [0.5, 0.6) is 0 Å². The first-order valence-corrected chi connectivity index (χ1v) is 7.54. The normalized spacial score (nSPS) is 16.5. The number of carbonyl (C=O) groups is 3. The van der Waals surface area contributed by atoms with Crippen LogP contribution in [0.4, 0.5) is 11.4 Å². The van der Waals surface area contributed by atoms with E-state index in [2.05, 4.69) is 10.6 Å². The molecule has 2 rings (SSSR count). The zero-order valence-corrected chi connectivity index (χ0v) is 13.0. The lowest BCUT2D eigenvalue weighted by Gasteiger charge is -2.16. The molecule has 0 aromatic heterocycles. The van der Waals surface area contributed by atoms with Crippen LogP contribution in [-0.2, 0) is 19.1 Å². The minimum atomic E-state index is -0.412. The van der Waals surface area contributed by atoms with Crippen molar-refractivity contribution in [2.75, 3.05) is 17.2 Å². The molecule has 1 aromatic rings. The molecule has 2 N–H and O–H groups in total. The highest BCUT2D eigenvalue weighted by molar-refractivity contribution is 5.94. The number of amides is 2. The number of hydrogen-bond acceptors (Lipinski definition) is 4. The molecular formula is C17H20N2O4. The first-order valence-electron chi connectivity index (χ1n) is 7.54. The number of carbonyl (C=O) groups excluding carboxylic acids is 3. The van der Waals surface area contributed by atoms with Crippen molar-refractivity contribution in [2.45, 2.75) is 26.2 Å². The zero-order valence-electron chi connectivity index (χ0n) is 13.0. The van der Waals surface area contributed by atoms with E-state index >= 15 is 0 Å². The van der Waals surface area contributed by atoms with Crippen molar-refractivity contribution in [1.29, 1.82) is 0 Å². The fourth-order valence-electron chi connectivity index (χ4n) is 2.34. The molecule has 6 heteroatoms. The lowest BCUT2D eigenvalue weighted by molar-refractivity contribution is -0.151. The zero-order chi connectivity index (χ0) is 16.7. The van der Waals surface area contributed by atoms with Crippen molar-refractivity contribution in [2.24, 2.45) is 5.92 Å². The Morgan fingerprint density at radius 1 is 1.17 bits per heavy atom. The standard InChI is InChI=1S/C17H20N2O4/c1-12(20)18-14-8-5-9-15(10-14)19-16(21)11-23-17(22)13-6-3-2-4-7-13/h2-3,5,8-10,13H,4,6-7,11H2,1H3,(H,18,20)(H,19,21)/t13-/m1/s1. The molecule has 1 aliphatic carbocycles. The molecule has 122 valence electrons. The molecule has 2 amide bonds. The van der Waals surface area contributed by atoms with Gasteiger partial charge in [-0.3, -0.25) is 14.4 Å². The van der Waals surface area contributed by atoms with Crippen molar-refractivity contribution >= 4 is 29.2 Å². The second-order valence-corrected chi connectivity index (χ2v) is 5.40. The Hall–Kier alpha value is -2.63. The molecule has 1 aromatic carbocycles. The highest BCUT2D eigenvalue weighted by Crippen LogP contribution is 2.19. The average molecular weight is 316 g/mol. The van der Waals surface area contributed by atoms with Gasteiger partial charge in [0.1, 0.15) is 0 Å². The van der Waals surface area contributed by atoms with E-state index in [-0.39, 0.29) is 24.4 Å². The van der Waals surface area contributed by atoms with E-state index in [0.29, 0.717) is 17.8 Å². The summed E-state index contributed by atoms with van der Waals surface area (Å²) in [5.74, 6) is -1.10. The maximum Gasteiger partial charge on any atom is 0.309 e. The largest absolute Gasteiger partial charge is 0.455 e. The maximum atomic E-state index is 11.8. The summed E-state index contributed by atoms with van der Waals surface area (Å²) in [7, 11) is 0. The average Bonchev–Trinajstić information content (AvgIpc) is 2.53. The van der Waals surface area contributed by atoms with Gasteiger partial charge in [0.2, 0.25) is 5.91 Å². The van der Waals surface area contributed by atoms with Crippen LogP contribution in [-0.4, -0.2) is 24.4 Å². The van der Waals surface area contributed by atoms with Crippen molar-refractivity contribution in [1.82, 2.24) is 0 Å². The summed E-state index contributed by atoms with van der Waals surface area (Å²) in [5.41, 5.74) is 1.11. The summed E-state index contributed by atoms with van der Waals surface area (Å²) >= 11 is 0. The van der Waals surface area contributed by atoms with Gasteiger partial charge >= 0.3 is 5.97 Å². The third-order valence-corrected chi connectivity index (χ3v) is 3.41. The number of benzene rings is 1. The Morgan fingerprint density at radius 2 is 1.91 bits per heavy atom. The Morgan fingerprint density at radius 3 is 2.57 bits per heavy atom. The fraction of sp³-hybridized carbons (Fsp3) is 0.353. The lowest BCUT2D eigenvalue weighted by Crippen LogP contribution is -2.25. The monoisotopic (exact) mass is 316 g/mol. The molecule has 0 bridgehead atoms. The number of rotatable bonds is 5. The van der Waals surface area contributed by atoms with Crippen LogP contribution >= 0.6 is 0 Å². The molecule has 1 atom stereocenters. The minimum absolute atomic E-state index is 0.157. The van der Waals surface area contributed by atoms with Gasteiger partial charge in [-0.1, -0.05) is 18.2 Å². The SMILES string of the molecule is CC(=O)Nc1cccc(NC(=O)COC(=O)[C@@H]2CC=CCC2)c1. The van der Waals surface area contributed by atoms with Crippen molar-refractivity contribution in [3.63, 3.8) is 0 Å². The van der Waals surface area contributed by atoms with Crippen molar-refractivity contribution in [3.05, 3.63) is 36.4 Å². The number of esters is 1. The van der Waals surface area contributed by atoms with Crippen LogP contribution in [0, 0.1) is 5.92 Å².